The first-order chi connectivity index (χ1) is 22.3. The van der Waals surface area contributed by atoms with Crippen LogP contribution in [0.3, 0.4) is 0 Å². The molecule has 0 bridgehead atoms. The van der Waals surface area contributed by atoms with E-state index >= 15 is 0 Å². The second-order valence-corrected chi connectivity index (χ2v) is 12.3. The number of carbonyl (C=O) groups is 2. The van der Waals surface area contributed by atoms with Crippen molar-refractivity contribution in [3.63, 3.8) is 0 Å². The van der Waals surface area contributed by atoms with Gasteiger partial charge in [0.15, 0.2) is 5.75 Å². The molecule has 246 valence electrons. The lowest BCUT2D eigenvalue weighted by atomic mass is 9.96. The Bertz CT molecular complexity index is 1460. The van der Waals surface area contributed by atoms with Crippen LogP contribution in [0.25, 0.3) is 11.3 Å². The zero-order chi connectivity index (χ0) is 32.5. The molecule has 12 nitrogen and oxygen atoms in total. The molecule has 2 saturated heterocycles. The number of piperazine rings is 1. The molecule has 2 N–H and O–H groups in total. The van der Waals surface area contributed by atoms with Gasteiger partial charge in [0.1, 0.15) is 0 Å². The lowest BCUT2D eigenvalue weighted by molar-refractivity contribution is -0.144. The Hall–Kier alpha value is -3.71. The molecule has 0 atom stereocenters. The Kier molecular flexibility index (Phi) is 11.9. The second kappa shape index (κ2) is 16.2. The molecule has 0 unspecified atom stereocenters. The fourth-order valence-corrected chi connectivity index (χ4v) is 6.15. The first kappa shape index (κ1) is 33.6. The number of carbonyl (C=O) groups excluding carboxylic acids is 2. The number of benzene rings is 1. The van der Waals surface area contributed by atoms with Gasteiger partial charge in [-0.1, -0.05) is 23.2 Å². The minimum absolute atomic E-state index is 0.147. The van der Waals surface area contributed by atoms with Gasteiger partial charge in [0.25, 0.3) is 0 Å². The standard InChI is InChI=1S/C32H40Cl2N8O4/c1-3-45-30(43)21-41-8-10-42(11-9-41)31-36-18-27(19-37-31)46-29-13-23(12-28(39-29)24-14-25(33)16-26(34)15-24)20-40-6-4-22(5-7-40)17-38-32(44)35-2/h12-16,18-19,22H,3-11,17,20-21H2,1-2H3,(H2,35,38,44). The maximum Gasteiger partial charge on any atom is 0.320 e. The minimum Gasteiger partial charge on any atom is -0.465 e. The van der Waals surface area contributed by atoms with Crippen molar-refractivity contribution in [1.82, 2.24) is 35.4 Å². The third kappa shape index (κ3) is 9.65. The molecule has 2 aliphatic heterocycles. The molecule has 2 amide bonds. The summed E-state index contributed by atoms with van der Waals surface area (Å²) in [6, 6.07) is 9.18. The van der Waals surface area contributed by atoms with Gasteiger partial charge in [-0.15, -0.1) is 0 Å². The number of rotatable bonds is 11. The van der Waals surface area contributed by atoms with Gasteiger partial charge in [-0.25, -0.2) is 19.7 Å². The molecule has 46 heavy (non-hydrogen) atoms. The molecule has 1 aromatic carbocycles. The molecule has 4 heterocycles. The number of likely N-dealkylation sites (tertiary alicyclic amines) is 1. The molecule has 2 fully saturated rings. The highest BCUT2D eigenvalue weighted by Gasteiger charge is 2.22. The monoisotopic (exact) mass is 670 g/mol. The summed E-state index contributed by atoms with van der Waals surface area (Å²) in [7, 11) is 1.62. The molecule has 2 aromatic heterocycles. The van der Waals surface area contributed by atoms with Crippen molar-refractivity contribution in [3.05, 3.63) is 58.3 Å². The van der Waals surface area contributed by atoms with Crippen molar-refractivity contribution in [2.75, 3.05) is 70.9 Å². The first-order valence-electron chi connectivity index (χ1n) is 15.6. The van der Waals surface area contributed by atoms with Gasteiger partial charge >= 0.3 is 12.0 Å². The fourth-order valence-electron chi connectivity index (χ4n) is 5.63. The van der Waals surface area contributed by atoms with Crippen molar-refractivity contribution in [1.29, 1.82) is 0 Å². The van der Waals surface area contributed by atoms with Crippen LogP contribution in [0, 0.1) is 5.92 Å². The Morgan fingerprint density at radius 2 is 1.63 bits per heavy atom. The number of hydrogen-bond donors (Lipinski definition) is 2. The van der Waals surface area contributed by atoms with Crippen molar-refractivity contribution in [3.8, 4) is 22.9 Å². The fraction of sp³-hybridized carbons (Fsp3) is 0.469. The third-order valence-corrected chi connectivity index (χ3v) is 8.50. The lowest BCUT2D eigenvalue weighted by Gasteiger charge is -2.34. The molecule has 0 radical (unpaired) electrons. The molecule has 14 heteroatoms. The number of halogens is 2. The average Bonchev–Trinajstić information content (AvgIpc) is 3.04. The van der Waals surface area contributed by atoms with E-state index in [1.165, 1.54) is 0 Å². The van der Waals surface area contributed by atoms with E-state index < -0.39 is 0 Å². The summed E-state index contributed by atoms with van der Waals surface area (Å²) in [4.78, 5) is 43.8. The van der Waals surface area contributed by atoms with Crippen molar-refractivity contribution in [2.45, 2.75) is 26.3 Å². The van der Waals surface area contributed by atoms with E-state index in [1.54, 1.807) is 25.5 Å². The summed E-state index contributed by atoms with van der Waals surface area (Å²) in [5.41, 5.74) is 2.52. The Labute approximate surface area is 279 Å². The summed E-state index contributed by atoms with van der Waals surface area (Å²) in [5, 5.41) is 6.57. The summed E-state index contributed by atoms with van der Waals surface area (Å²) in [6.45, 7) is 8.57. The number of pyridine rings is 1. The summed E-state index contributed by atoms with van der Waals surface area (Å²) >= 11 is 12.7. The zero-order valence-electron chi connectivity index (χ0n) is 26.2. The van der Waals surface area contributed by atoms with Gasteiger partial charge in [0.05, 0.1) is 31.2 Å². The van der Waals surface area contributed by atoms with Gasteiger partial charge < -0.3 is 25.0 Å². The number of nitrogens with one attached hydrogen (secondary N) is 2. The number of piperidine rings is 1. The smallest absolute Gasteiger partial charge is 0.320 e. The normalized spacial score (nSPS) is 16.2. The number of nitrogens with zero attached hydrogens (tertiary/aromatic N) is 6. The number of ether oxygens (including phenoxy) is 2. The highest BCUT2D eigenvalue weighted by Crippen LogP contribution is 2.31. The number of esters is 1. The van der Waals surface area contributed by atoms with Crippen LogP contribution in [-0.2, 0) is 16.1 Å². The van der Waals surface area contributed by atoms with Gasteiger partial charge in [0, 0.05) is 68.0 Å². The van der Waals surface area contributed by atoms with Crippen LogP contribution in [0.1, 0.15) is 25.3 Å². The quantitative estimate of drug-likeness (QED) is 0.283. The molecule has 0 aliphatic carbocycles. The predicted octanol–water partition coefficient (Wildman–Crippen LogP) is 4.46. The molecule has 2 aliphatic rings. The molecule has 0 saturated carbocycles. The highest BCUT2D eigenvalue weighted by molar-refractivity contribution is 6.35. The largest absolute Gasteiger partial charge is 0.465 e. The van der Waals surface area contributed by atoms with Crippen LogP contribution in [0.2, 0.25) is 10.0 Å². The number of hydrogen-bond acceptors (Lipinski definition) is 10. The predicted molar refractivity (Wildman–Crippen MR) is 178 cm³/mol. The summed E-state index contributed by atoms with van der Waals surface area (Å²) < 4.78 is 11.3. The van der Waals surface area contributed by atoms with Crippen LogP contribution >= 0.6 is 23.2 Å². The molecular weight excluding hydrogens is 631 g/mol. The molecule has 0 spiro atoms. The zero-order valence-corrected chi connectivity index (χ0v) is 27.7. The van der Waals surface area contributed by atoms with Crippen LogP contribution in [0.15, 0.2) is 42.7 Å². The molecular formula is C32H40Cl2N8O4. The first-order valence-corrected chi connectivity index (χ1v) is 16.3. The number of urea groups is 1. The average molecular weight is 672 g/mol. The van der Waals surface area contributed by atoms with Crippen LogP contribution in [-0.4, -0.2) is 103 Å². The van der Waals surface area contributed by atoms with E-state index in [9.17, 15) is 9.59 Å². The second-order valence-electron chi connectivity index (χ2n) is 11.4. The van der Waals surface area contributed by atoms with E-state index in [4.69, 9.17) is 37.7 Å². The van der Waals surface area contributed by atoms with Crippen molar-refractivity contribution >= 4 is 41.2 Å². The number of anilines is 1. The Morgan fingerprint density at radius 1 is 0.935 bits per heavy atom. The van der Waals surface area contributed by atoms with Crippen molar-refractivity contribution in [2.24, 2.45) is 5.92 Å². The summed E-state index contributed by atoms with van der Waals surface area (Å²) in [6.07, 6.45) is 5.29. The van der Waals surface area contributed by atoms with E-state index in [0.717, 1.165) is 50.1 Å². The van der Waals surface area contributed by atoms with Gasteiger partial charge in [0.2, 0.25) is 11.8 Å². The highest BCUT2D eigenvalue weighted by atomic mass is 35.5. The van der Waals surface area contributed by atoms with E-state index in [1.807, 2.05) is 31.2 Å². The minimum atomic E-state index is -0.204. The number of aromatic nitrogens is 3. The van der Waals surface area contributed by atoms with Crippen LogP contribution in [0.5, 0.6) is 11.6 Å². The van der Waals surface area contributed by atoms with Crippen LogP contribution < -0.4 is 20.3 Å². The van der Waals surface area contributed by atoms with Crippen molar-refractivity contribution < 1.29 is 19.1 Å². The third-order valence-electron chi connectivity index (χ3n) is 8.06. The van der Waals surface area contributed by atoms with E-state index in [2.05, 4.69) is 35.3 Å². The Morgan fingerprint density at radius 3 is 2.28 bits per heavy atom. The summed E-state index contributed by atoms with van der Waals surface area (Å²) in [5.74, 6) is 1.73. The topological polar surface area (TPSA) is 125 Å². The molecule has 3 aromatic rings. The van der Waals surface area contributed by atoms with Gasteiger partial charge in [-0.3, -0.25) is 14.6 Å². The molecule has 5 rings (SSSR count). The number of amides is 2. The maximum absolute atomic E-state index is 11.8. The Balaban J connectivity index is 1.25. The SMILES string of the molecule is CCOC(=O)CN1CCN(c2ncc(Oc3cc(CN4CCC(CNC(=O)NC)CC4)cc(-c4cc(Cl)cc(Cl)c4)n3)cn2)CC1. The van der Waals surface area contributed by atoms with Gasteiger partial charge in [-0.05, 0) is 68.6 Å². The maximum atomic E-state index is 11.8. The van der Waals surface area contributed by atoms with E-state index in [0.29, 0.717) is 78.6 Å². The lowest BCUT2D eigenvalue weighted by Crippen LogP contribution is -2.48. The van der Waals surface area contributed by atoms with Crippen LogP contribution in [0.4, 0.5) is 10.7 Å². The van der Waals surface area contributed by atoms with E-state index in [-0.39, 0.29) is 12.0 Å². The van der Waals surface area contributed by atoms with Gasteiger partial charge in [-0.2, -0.15) is 0 Å².